The minimum Gasteiger partial charge on any atom is -0.383 e. The number of aromatic nitrogens is 2. The molecule has 0 saturated heterocycles. The van der Waals surface area contributed by atoms with E-state index in [1.165, 1.54) is 16.4 Å². The van der Waals surface area contributed by atoms with E-state index in [-0.39, 0.29) is 30.4 Å². The number of rotatable bonds is 9. The van der Waals surface area contributed by atoms with Gasteiger partial charge in [0.1, 0.15) is 5.82 Å². The third-order valence-corrected chi connectivity index (χ3v) is 5.12. The van der Waals surface area contributed by atoms with Crippen LogP contribution in [0.1, 0.15) is 51.6 Å². The Morgan fingerprint density at radius 2 is 1.87 bits per heavy atom. The predicted molar refractivity (Wildman–Crippen MR) is 121 cm³/mol. The maximum absolute atomic E-state index is 13.2. The summed E-state index contributed by atoms with van der Waals surface area (Å²) < 4.78 is 1.26. The first kappa shape index (κ1) is 24.2. The highest BCUT2D eigenvalue weighted by atomic mass is 35.5. The van der Waals surface area contributed by atoms with Crippen LogP contribution in [0.2, 0.25) is 5.02 Å². The van der Waals surface area contributed by atoms with Gasteiger partial charge in [-0.25, -0.2) is 4.79 Å². The van der Waals surface area contributed by atoms with E-state index in [9.17, 15) is 19.2 Å². The molecule has 0 aliphatic carbocycles. The second-order valence-electron chi connectivity index (χ2n) is 7.15. The zero-order chi connectivity index (χ0) is 23.1. The fourth-order valence-electron chi connectivity index (χ4n) is 3.31. The van der Waals surface area contributed by atoms with Crippen molar-refractivity contribution in [1.29, 1.82) is 0 Å². The summed E-state index contributed by atoms with van der Waals surface area (Å²) in [4.78, 5) is 53.1. The third kappa shape index (κ3) is 5.97. The van der Waals surface area contributed by atoms with Crippen molar-refractivity contribution in [2.75, 3.05) is 17.2 Å². The monoisotopic (exact) mass is 449 g/mol. The van der Waals surface area contributed by atoms with Gasteiger partial charge in [-0.05, 0) is 31.0 Å². The van der Waals surface area contributed by atoms with Crippen molar-refractivity contribution in [3.63, 3.8) is 0 Å². The molecule has 0 bridgehead atoms. The van der Waals surface area contributed by atoms with E-state index in [0.29, 0.717) is 23.6 Å². The van der Waals surface area contributed by atoms with E-state index in [2.05, 4.69) is 10.3 Å². The predicted octanol–water partition coefficient (Wildman–Crippen LogP) is 2.19. The number of aromatic amines is 1. The van der Waals surface area contributed by atoms with Gasteiger partial charge in [0.2, 0.25) is 11.8 Å². The Kier molecular flexibility index (Phi) is 8.44. The van der Waals surface area contributed by atoms with Crippen LogP contribution in [0.15, 0.2) is 33.9 Å². The molecule has 0 radical (unpaired) electrons. The zero-order valence-corrected chi connectivity index (χ0v) is 18.7. The van der Waals surface area contributed by atoms with Crippen molar-refractivity contribution in [3.8, 4) is 0 Å². The number of nitrogens with two attached hydrogens (primary N) is 1. The van der Waals surface area contributed by atoms with Gasteiger partial charge in [0.15, 0.2) is 5.69 Å². The van der Waals surface area contributed by atoms with Gasteiger partial charge in [0, 0.05) is 25.0 Å². The lowest BCUT2D eigenvalue weighted by molar-refractivity contribution is -0.121. The number of halogens is 1. The Balaban J connectivity index is 2.41. The molecule has 10 heteroatoms. The van der Waals surface area contributed by atoms with E-state index >= 15 is 0 Å². The van der Waals surface area contributed by atoms with Crippen LogP contribution < -0.4 is 27.2 Å². The van der Waals surface area contributed by atoms with Crippen molar-refractivity contribution in [2.24, 2.45) is 0 Å². The average Bonchev–Trinajstić information content (AvgIpc) is 2.70. The largest absolute Gasteiger partial charge is 0.383 e. The maximum Gasteiger partial charge on any atom is 0.330 e. The number of anilines is 2. The first-order chi connectivity index (χ1) is 14.7. The summed E-state index contributed by atoms with van der Waals surface area (Å²) >= 11 is 5.94. The number of carbonyl (C=O) groups is 2. The number of nitrogen functional groups attached to an aromatic ring is 1. The van der Waals surface area contributed by atoms with E-state index in [1.807, 2.05) is 6.92 Å². The summed E-state index contributed by atoms with van der Waals surface area (Å²) in [6, 6.07) is 6.15. The van der Waals surface area contributed by atoms with Gasteiger partial charge in [0.05, 0.1) is 12.5 Å². The Morgan fingerprint density at radius 1 is 1.23 bits per heavy atom. The van der Waals surface area contributed by atoms with E-state index in [0.717, 1.165) is 6.42 Å². The minimum absolute atomic E-state index is 0.0556. The number of carbonyl (C=O) groups excluding carboxylic acids is 2. The normalized spacial score (nSPS) is 11.7. The lowest BCUT2D eigenvalue weighted by atomic mass is 10.0. The van der Waals surface area contributed by atoms with Gasteiger partial charge in [-0.2, -0.15) is 0 Å². The summed E-state index contributed by atoms with van der Waals surface area (Å²) in [5.74, 6) is -0.782. The Hall–Kier alpha value is -3.07. The van der Waals surface area contributed by atoms with Crippen molar-refractivity contribution in [2.45, 2.75) is 52.6 Å². The molecule has 0 aliphatic rings. The molecule has 1 heterocycles. The highest BCUT2D eigenvalue weighted by Crippen LogP contribution is 2.23. The highest BCUT2D eigenvalue weighted by Gasteiger charge is 2.26. The number of H-pyrrole nitrogens is 1. The second kappa shape index (κ2) is 10.8. The SMILES string of the molecule is CCCCn1c(N)c(N(CC)C(=O)CC(NC(C)=O)c2ccc(Cl)cc2)c(=O)[nH]c1=O. The van der Waals surface area contributed by atoms with Crippen LogP contribution in [-0.2, 0) is 16.1 Å². The van der Waals surface area contributed by atoms with Crippen molar-refractivity contribution >= 4 is 34.9 Å². The van der Waals surface area contributed by atoms with Gasteiger partial charge in [-0.3, -0.25) is 23.9 Å². The molecule has 0 aliphatic heterocycles. The van der Waals surface area contributed by atoms with Crippen LogP contribution >= 0.6 is 11.6 Å². The van der Waals surface area contributed by atoms with Crippen LogP contribution in [0.4, 0.5) is 11.5 Å². The van der Waals surface area contributed by atoms with Crippen molar-refractivity contribution < 1.29 is 9.59 Å². The fraction of sp³-hybridized carbons (Fsp3) is 0.429. The first-order valence-electron chi connectivity index (χ1n) is 10.1. The Morgan fingerprint density at radius 3 is 2.42 bits per heavy atom. The van der Waals surface area contributed by atoms with E-state index in [4.69, 9.17) is 17.3 Å². The topological polar surface area (TPSA) is 130 Å². The van der Waals surface area contributed by atoms with Crippen molar-refractivity contribution in [1.82, 2.24) is 14.9 Å². The number of amides is 2. The van der Waals surface area contributed by atoms with Crippen LogP contribution in [0.25, 0.3) is 0 Å². The second-order valence-corrected chi connectivity index (χ2v) is 7.58. The number of unbranched alkanes of at least 4 members (excludes halogenated alkanes) is 1. The molecule has 2 rings (SSSR count). The van der Waals surface area contributed by atoms with Gasteiger partial charge in [-0.15, -0.1) is 0 Å². The van der Waals surface area contributed by atoms with Crippen LogP contribution in [-0.4, -0.2) is 27.9 Å². The number of nitrogens with one attached hydrogen (secondary N) is 2. The molecule has 1 aromatic carbocycles. The molecule has 1 atom stereocenters. The molecule has 168 valence electrons. The molecular weight excluding hydrogens is 422 g/mol. The molecule has 31 heavy (non-hydrogen) atoms. The average molecular weight is 450 g/mol. The van der Waals surface area contributed by atoms with Gasteiger partial charge in [-0.1, -0.05) is 37.1 Å². The van der Waals surface area contributed by atoms with Crippen molar-refractivity contribution in [3.05, 3.63) is 55.7 Å². The molecule has 0 fully saturated rings. The quantitative estimate of drug-likeness (QED) is 0.540. The number of benzene rings is 1. The summed E-state index contributed by atoms with van der Waals surface area (Å²) in [5, 5.41) is 3.28. The van der Waals surface area contributed by atoms with E-state index < -0.39 is 23.2 Å². The number of hydrogen-bond donors (Lipinski definition) is 3. The molecule has 0 spiro atoms. The lowest BCUT2D eigenvalue weighted by Gasteiger charge is -2.26. The fourth-order valence-corrected chi connectivity index (χ4v) is 3.44. The van der Waals surface area contributed by atoms with Gasteiger partial charge in [0.25, 0.3) is 5.56 Å². The standard InChI is InChI=1S/C21H28ClN5O4/c1-4-6-11-27-19(23)18(20(30)25-21(27)31)26(5-2)17(29)12-16(24-13(3)28)14-7-9-15(22)10-8-14/h7-10,16H,4-6,11-12,23H2,1-3H3,(H,24,28)(H,25,30,31). The summed E-state index contributed by atoms with van der Waals surface area (Å²) in [7, 11) is 0. The minimum atomic E-state index is -0.729. The summed E-state index contributed by atoms with van der Waals surface area (Å²) in [6.45, 7) is 5.52. The highest BCUT2D eigenvalue weighted by molar-refractivity contribution is 6.30. The van der Waals surface area contributed by atoms with Crippen LogP contribution in [0.5, 0.6) is 0 Å². The third-order valence-electron chi connectivity index (χ3n) is 4.87. The first-order valence-corrected chi connectivity index (χ1v) is 10.5. The summed E-state index contributed by atoms with van der Waals surface area (Å²) in [6.07, 6.45) is 1.41. The number of hydrogen-bond acceptors (Lipinski definition) is 5. The lowest BCUT2D eigenvalue weighted by Crippen LogP contribution is -2.42. The Bertz CT molecular complexity index is 1050. The van der Waals surface area contributed by atoms with E-state index in [1.54, 1.807) is 31.2 Å². The molecule has 4 N–H and O–H groups in total. The summed E-state index contributed by atoms with van der Waals surface area (Å²) in [5.41, 5.74) is 5.43. The number of nitrogens with zero attached hydrogens (tertiary/aromatic N) is 2. The van der Waals surface area contributed by atoms with Crippen LogP contribution in [0, 0.1) is 0 Å². The van der Waals surface area contributed by atoms with Gasteiger partial charge < -0.3 is 16.0 Å². The maximum atomic E-state index is 13.2. The molecule has 2 aromatic rings. The molecule has 2 amide bonds. The molecule has 9 nitrogen and oxygen atoms in total. The van der Waals surface area contributed by atoms with Gasteiger partial charge >= 0.3 is 5.69 Å². The zero-order valence-electron chi connectivity index (χ0n) is 17.9. The van der Waals surface area contributed by atoms with Crippen LogP contribution in [0.3, 0.4) is 0 Å². The smallest absolute Gasteiger partial charge is 0.330 e. The molecule has 1 unspecified atom stereocenters. The molecule has 0 saturated carbocycles. The molecular formula is C21H28ClN5O4. The molecule has 1 aromatic heterocycles. The Labute approximate surface area is 185 Å².